The van der Waals surface area contributed by atoms with Gasteiger partial charge in [-0.1, -0.05) is 33.3 Å². The first-order chi connectivity index (χ1) is 13.2. The van der Waals surface area contributed by atoms with Gasteiger partial charge < -0.3 is 5.32 Å². The Hall–Kier alpha value is -2.73. The molecule has 1 aliphatic rings. The Labute approximate surface area is 165 Å². The number of pyridine rings is 1. The number of fused-ring (bicyclic) bond motifs is 4. The van der Waals surface area contributed by atoms with E-state index in [0.717, 1.165) is 45.4 Å². The summed E-state index contributed by atoms with van der Waals surface area (Å²) in [5, 5.41) is 13.5. The molecule has 0 saturated carbocycles. The zero-order chi connectivity index (χ0) is 18.4. The standard InChI is InChI=1S/C21H18BrN5/c1-13-21-15-8-7-14(22)12-17(15)20(9-11-27(21)26-25-13)24-19-6-2-5-18-16(19)4-3-10-23-18/h2-8,10,12,20,24H,9,11H2,1H3. The monoisotopic (exact) mass is 419 g/mol. The lowest BCUT2D eigenvalue weighted by molar-refractivity contribution is 0.539. The summed E-state index contributed by atoms with van der Waals surface area (Å²) in [6.45, 7) is 2.85. The molecule has 5 rings (SSSR count). The molecule has 0 radical (unpaired) electrons. The molecule has 0 aliphatic carbocycles. The van der Waals surface area contributed by atoms with Crippen LogP contribution in [0.25, 0.3) is 22.2 Å². The van der Waals surface area contributed by atoms with Gasteiger partial charge in [-0.3, -0.25) is 4.98 Å². The number of hydrogen-bond donors (Lipinski definition) is 1. The number of nitrogens with one attached hydrogen (secondary N) is 1. The first-order valence-corrected chi connectivity index (χ1v) is 9.80. The number of aromatic nitrogens is 4. The molecule has 0 amide bonds. The van der Waals surface area contributed by atoms with Crippen molar-refractivity contribution in [2.75, 3.05) is 5.32 Å². The van der Waals surface area contributed by atoms with Gasteiger partial charge in [0, 0.05) is 33.9 Å². The van der Waals surface area contributed by atoms with E-state index in [-0.39, 0.29) is 6.04 Å². The summed E-state index contributed by atoms with van der Waals surface area (Å²) in [6, 6.07) is 16.9. The number of rotatable bonds is 2. The highest BCUT2D eigenvalue weighted by Gasteiger charge is 2.25. The molecule has 1 atom stereocenters. The fourth-order valence-corrected chi connectivity index (χ4v) is 4.28. The van der Waals surface area contributed by atoms with Crippen LogP contribution >= 0.6 is 15.9 Å². The molecule has 2 aromatic heterocycles. The normalized spacial score (nSPS) is 15.9. The van der Waals surface area contributed by atoms with Crippen molar-refractivity contribution in [1.29, 1.82) is 0 Å². The molecule has 2 aromatic carbocycles. The minimum atomic E-state index is 0.171. The van der Waals surface area contributed by atoms with Crippen LogP contribution < -0.4 is 5.32 Å². The lowest BCUT2D eigenvalue weighted by atomic mass is 9.96. The van der Waals surface area contributed by atoms with Gasteiger partial charge in [0.2, 0.25) is 0 Å². The van der Waals surface area contributed by atoms with Crippen LogP contribution in [0.5, 0.6) is 0 Å². The molecule has 6 heteroatoms. The average molecular weight is 420 g/mol. The summed E-state index contributed by atoms with van der Waals surface area (Å²) in [4.78, 5) is 4.48. The van der Waals surface area contributed by atoms with E-state index in [1.54, 1.807) is 0 Å². The zero-order valence-corrected chi connectivity index (χ0v) is 16.4. The quantitative estimate of drug-likeness (QED) is 0.489. The maximum atomic E-state index is 4.48. The van der Waals surface area contributed by atoms with Crippen LogP contribution in [0.1, 0.15) is 23.7 Å². The molecule has 1 aliphatic heterocycles. The van der Waals surface area contributed by atoms with E-state index in [2.05, 4.69) is 72.9 Å². The van der Waals surface area contributed by atoms with Crippen LogP contribution in [0.4, 0.5) is 5.69 Å². The van der Waals surface area contributed by atoms with Crippen LogP contribution in [0.2, 0.25) is 0 Å². The second-order valence-electron chi connectivity index (χ2n) is 6.84. The second kappa shape index (κ2) is 6.46. The number of aryl methyl sites for hydroxylation is 2. The van der Waals surface area contributed by atoms with E-state index >= 15 is 0 Å². The largest absolute Gasteiger partial charge is 0.378 e. The number of hydrogen-bond acceptors (Lipinski definition) is 4. The van der Waals surface area contributed by atoms with Crippen molar-refractivity contribution >= 4 is 32.5 Å². The van der Waals surface area contributed by atoms with Crippen molar-refractivity contribution in [3.8, 4) is 11.3 Å². The number of nitrogens with zero attached hydrogens (tertiary/aromatic N) is 4. The lowest BCUT2D eigenvalue weighted by Gasteiger charge is -2.21. The molecule has 5 nitrogen and oxygen atoms in total. The van der Waals surface area contributed by atoms with Gasteiger partial charge in [-0.15, -0.1) is 5.10 Å². The predicted octanol–water partition coefficient (Wildman–Crippen LogP) is 5.12. The summed E-state index contributed by atoms with van der Waals surface area (Å²) >= 11 is 3.64. The predicted molar refractivity (Wildman–Crippen MR) is 111 cm³/mol. The summed E-state index contributed by atoms with van der Waals surface area (Å²) in [5.74, 6) is 0. The van der Waals surface area contributed by atoms with E-state index in [1.807, 2.05) is 29.9 Å². The third-order valence-electron chi connectivity index (χ3n) is 5.15. The number of halogens is 1. The van der Waals surface area contributed by atoms with E-state index in [0.29, 0.717) is 0 Å². The van der Waals surface area contributed by atoms with Gasteiger partial charge in [0.25, 0.3) is 0 Å². The van der Waals surface area contributed by atoms with Crippen LogP contribution in [0.3, 0.4) is 0 Å². The molecule has 0 spiro atoms. The Morgan fingerprint density at radius 3 is 3.00 bits per heavy atom. The summed E-state index contributed by atoms with van der Waals surface area (Å²) in [6.07, 6.45) is 2.76. The third-order valence-corrected chi connectivity index (χ3v) is 5.65. The smallest absolute Gasteiger partial charge is 0.0918 e. The van der Waals surface area contributed by atoms with Crippen molar-refractivity contribution < 1.29 is 0 Å². The van der Waals surface area contributed by atoms with Gasteiger partial charge in [-0.25, -0.2) is 4.68 Å². The van der Waals surface area contributed by atoms with E-state index < -0.39 is 0 Å². The summed E-state index contributed by atoms with van der Waals surface area (Å²) in [5.41, 5.74) is 6.63. The minimum Gasteiger partial charge on any atom is -0.378 e. The summed E-state index contributed by atoms with van der Waals surface area (Å²) in [7, 11) is 0. The van der Waals surface area contributed by atoms with Crippen molar-refractivity contribution in [2.24, 2.45) is 0 Å². The topological polar surface area (TPSA) is 55.6 Å². The minimum absolute atomic E-state index is 0.171. The highest BCUT2D eigenvalue weighted by Crippen LogP contribution is 2.38. The third kappa shape index (κ3) is 2.80. The fourth-order valence-electron chi connectivity index (χ4n) is 3.90. The van der Waals surface area contributed by atoms with Gasteiger partial charge in [0.15, 0.2) is 0 Å². The maximum absolute atomic E-state index is 4.48. The molecule has 134 valence electrons. The highest BCUT2D eigenvalue weighted by molar-refractivity contribution is 9.10. The molecular weight excluding hydrogens is 402 g/mol. The van der Waals surface area contributed by atoms with Gasteiger partial charge in [0.1, 0.15) is 0 Å². The summed E-state index contributed by atoms with van der Waals surface area (Å²) < 4.78 is 3.10. The molecule has 0 saturated heterocycles. The molecule has 27 heavy (non-hydrogen) atoms. The van der Waals surface area contributed by atoms with Gasteiger partial charge in [0.05, 0.1) is 22.9 Å². The Bertz CT molecular complexity index is 1150. The van der Waals surface area contributed by atoms with Crippen LogP contribution in [-0.4, -0.2) is 20.0 Å². The van der Waals surface area contributed by atoms with Gasteiger partial charge in [-0.05, 0) is 55.3 Å². The SMILES string of the molecule is Cc1nnn2c1-c1ccc(Br)cc1C(Nc1cccc3ncccc13)CC2. The van der Waals surface area contributed by atoms with Gasteiger partial charge >= 0.3 is 0 Å². The average Bonchev–Trinajstić information content (AvgIpc) is 2.98. The molecule has 4 aromatic rings. The molecule has 0 fully saturated rings. The van der Waals surface area contributed by atoms with Crippen LogP contribution in [0, 0.1) is 6.92 Å². The van der Waals surface area contributed by atoms with E-state index in [1.165, 1.54) is 11.1 Å². The van der Waals surface area contributed by atoms with E-state index in [4.69, 9.17) is 0 Å². The number of anilines is 1. The van der Waals surface area contributed by atoms with Crippen LogP contribution in [0.15, 0.2) is 59.2 Å². The molecule has 1 unspecified atom stereocenters. The van der Waals surface area contributed by atoms with Gasteiger partial charge in [-0.2, -0.15) is 0 Å². The molecule has 3 heterocycles. The highest BCUT2D eigenvalue weighted by atomic mass is 79.9. The molecule has 0 bridgehead atoms. The molecular formula is C21H18BrN5. The maximum Gasteiger partial charge on any atom is 0.0918 e. The van der Waals surface area contributed by atoms with Crippen molar-refractivity contribution in [2.45, 2.75) is 25.9 Å². The molecule has 1 N–H and O–H groups in total. The Morgan fingerprint density at radius 1 is 1.15 bits per heavy atom. The zero-order valence-electron chi connectivity index (χ0n) is 14.9. The van der Waals surface area contributed by atoms with Crippen molar-refractivity contribution in [3.05, 3.63) is 70.5 Å². The Kier molecular flexibility index (Phi) is 3.93. The Morgan fingerprint density at radius 2 is 2.07 bits per heavy atom. The Balaban J connectivity index is 1.63. The van der Waals surface area contributed by atoms with E-state index in [9.17, 15) is 0 Å². The first-order valence-electron chi connectivity index (χ1n) is 9.01. The fraction of sp³-hybridized carbons (Fsp3) is 0.190. The second-order valence-corrected chi connectivity index (χ2v) is 7.76. The van der Waals surface area contributed by atoms with Crippen LogP contribution in [-0.2, 0) is 6.54 Å². The van der Waals surface area contributed by atoms with Crippen molar-refractivity contribution in [3.63, 3.8) is 0 Å². The first kappa shape index (κ1) is 16.4. The lowest BCUT2D eigenvalue weighted by Crippen LogP contribution is -2.13. The van der Waals surface area contributed by atoms with Crippen molar-refractivity contribution in [1.82, 2.24) is 20.0 Å². The number of benzene rings is 2.